The molecule has 0 aliphatic carbocycles. The molecule has 0 bridgehead atoms. The summed E-state index contributed by atoms with van der Waals surface area (Å²) in [4.78, 5) is 24.7. The Bertz CT molecular complexity index is 1310. The van der Waals surface area contributed by atoms with Gasteiger partial charge in [0.2, 0.25) is 5.91 Å². The summed E-state index contributed by atoms with van der Waals surface area (Å²) in [5, 5.41) is 23.3. The van der Waals surface area contributed by atoms with Crippen LogP contribution in [-0.2, 0) is 14.3 Å². The summed E-state index contributed by atoms with van der Waals surface area (Å²) in [6.45, 7) is 4.92. The standard InChI is InChI=1S/C75H143NO5/c1-3-5-7-9-11-13-15-17-19-21-23-24-25-28-32-35-39-43-47-51-55-59-63-67-73(78)72(71-77)76-74(79)68-64-60-56-52-48-44-40-36-33-29-26-27-30-34-38-42-46-50-54-58-62-66-70-81-75(80)69-65-61-57-53-49-45-41-37-31-22-20-18-16-14-12-10-8-6-4-2/h12,14,18,20,63,67,72-73,77-78H,3-11,13,15-17,19,21-62,64-66,68-71H2,1-2H3,(H,76,79)/b14-12-,20-18-,67-63+. The van der Waals surface area contributed by atoms with E-state index in [0.29, 0.717) is 19.4 Å². The summed E-state index contributed by atoms with van der Waals surface area (Å²) in [5.74, 6) is -0.0542. The van der Waals surface area contributed by atoms with E-state index in [0.717, 1.165) is 51.4 Å². The summed E-state index contributed by atoms with van der Waals surface area (Å²) in [6, 6.07) is -0.630. The molecule has 478 valence electrons. The Morgan fingerprint density at radius 2 is 0.617 bits per heavy atom. The molecule has 0 radical (unpaired) electrons. The van der Waals surface area contributed by atoms with Gasteiger partial charge in [0.05, 0.1) is 25.4 Å². The Morgan fingerprint density at radius 3 is 0.963 bits per heavy atom. The minimum Gasteiger partial charge on any atom is -0.466 e. The third kappa shape index (κ3) is 67.1. The van der Waals surface area contributed by atoms with E-state index >= 15 is 0 Å². The third-order valence-corrected chi connectivity index (χ3v) is 17.2. The van der Waals surface area contributed by atoms with Gasteiger partial charge in [-0.2, -0.15) is 0 Å². The van der Waals surface area contributed by atoms with Crippen molar-refractivity contribution < 1.29 is 24.5 Å². The van der Waals surface area contributed by atoms with E-state index in [-0.39, 0.29) is 18.5 Å². The van der Waals surface area contributed by atoms with Crippen molar-refractivity contribution >= 4 is 11.9 Å². The molecule has 6 nitrogen and oxygen atoms in total. The number of carbonyl (C=O) groups is 2. The fraction of sp³-hybridized carbons (Fsp3) is 0.893. The maximum absolute atomic E-state index is 12.5. The lowest BCUT2D eigenvalue weighted by Crippen LogP contribution is -2.45. The van der Waals surface area contributed by atoms with Crippen LogP contribution in [0.1, 0.15) is 406 Å². The van der Waals surface area contributed by atoms with Gasteiger partial charge in [0.25, 0.3) is 0 Å². The molecule has 0 rings (SSSR count). The molecule has 6 heteroatoms. The SMILES string of the molecule is CCCCC/C=C\C/C=C\CCCCCCCCCCCC(=O)OCCCCCCCCCCCCCCCCCCCCCCCCC(=O)NC(CO)C(O)/C=C/CCCCCCCCCCCCCCCCCCCCCCC. The molecule has 0 aliphatic rings. The maximum Gasteiger partial charge on any atom is 0.305 e. The molecule has 0 saturated heterocycles. The Morgan fingerprint density at radius 1 is 0.346 bits per heavy atom. The predicted octanol–water partition coefficient (Wildman–Crippen LogP) is 23.9. The Balaban J connectivity index is 3.40. The third-order valence-electron chi connectivity index (χ3n) is 17.2. The molecule has 0 aliphatic heterocycles. The van der Waals surface area contributed by atoms with Crippen LogP contribution in [0.25, 0.3) is 0 Å². The number of ether oxygens (including phenoxy) is 1. The van der Waals surface area contributed by atoms with Gasteiger partial charge in [-0.15, -0.1) is 0 Å². The van der Waals surface area contributed by atoms with E-state index < -0.39 is 12.1 Å². The monoisotopic (exact) mass is 1140 g/mol. The van der Waals surface area contributed by atoms with Gasteiger partial charge < -0.3 is 20.3 Å². The molecule has 3 N–H and O–H groups in total. The van der Waals surface area contributed by atoms with E-state index in [1.54, 1.807) is 6.08 Å². The number of amides is 1. The highest BCUT2D eigenvalue weighted by Crippen LogP contribution is 2.19. The Kier molecular flexibility index (Phi) is 68.9. The number of aliphatic hydroxyl groups is 2. The lowest BCUT2D eigenvalue weighted by molar-refractivity contribution is -0.143. The average Bonchev–Trinajstić information content (AvgIpc) is 3.47. The van der Waals surface area contributed by atoms with Crippen molar-refractivity contribution in [3.63, 3.8) is 0 Å². The molecule has 0 aromatic carbocycles. The van der Waals surface area contributed by atoms with Gasteiger partial charge in [-0.1, -0.05) is 365 Å². The number of unbranched alkanes of at least 4 members (excludes halogenated alkanes) is 54. The minimum absolute atomic E-state index is 0.00975. The van der Waals surface area contributed by atoms with Gasteiger partial charge in [0.15, 0.2) is 0 Å². The first-order valence-electron chi connectivity index (χ1n) is 36.8. The van der Waals surface area contributed by atoms with Crippen LogP contribution in [0.3, 0.4) is 0 Å². The smallest absolute Gasteiger partial charge is 0.305 e. The number of allylic oxidation sites excluding steroid dienone is 5. The highest BCUT2D eigenvalue weighted by molar-refractivity contribution is 5.76. The highest BCUT2D eigenvalue weighted by Gasteiger charge is 2.18. The van der Waals surface area contributed by atoms with Crippen LogP contribution in [0.4, 0.5) is 0 Å². The number of hydrogen-bond donors (Lipinski definition) is 3. The van der Waals surface area contributed by atoms with Crippen molar-refractivity contribution in [1.29, 1.82) is 0 Å². The topological polar surface area (TPSA) is 95.9 Å². The van der Waals surface area contributed by atoms with E-state index in [1.807, 2.05) is 6.08 Å². The lowest BCUT2D eigenvalue weighted by Gasteiger charge is -2.20. The van der Waals surface area contributed by atoms with Crippen LogP contribution >= 0.6 is 0 Å². The minimum atomic E-state index is -0.846. The zero-order valence-corrected chi connectivity index (χ0v) is 54.8. The first kappa shape index (κ1) is 79.1. The molecular weight excluding hydrogens is 995 g/mol. The molecule has 0 saturated carbocycles. The molecule has 2 atom stereocenters. The lowest BCUT2D eigenvalue weighted by atomic mass is 10.0. The fourth-order valence-corrected chi connectivity index (χ4v) is 11.6. The number of hydrogen-bond acceptors (Lipinski definition) is 5. The van der Waals surface area contributed by atoms with Gasteiger partial charge in [-0.05, 0) is 64.2 Å². The van der Waals surface area contributed by atoms with Gasteiger partial charge in [0, 0.05) is 12.8 Å². The summed E-state index contributed by atoms with van der Waals surface area (Å²) >= 11 is 0. The average molecular weight is 1140 g/mol. The quantitative estimate of drug-likeness (QED) is 0.0320. The Labute approximate surface area is 506 Å². The largest absolute Gasteiger partial charge is 0.466 e. The van der Waals surface area contributed by atoms with Gasteiger partial charge in [-0.3, -0.25) is 9.59 Å². The first-order chi connectivity index (χ1) is 40.0. The second-order valence-corrected chi connectivity index (χ2v) is 25.3. The second kappa shape index (κ2) is 70.6. The zero-order chi connectivity index (χ0) is 58.5. The molecule has 0 heterocycles. The van der Waals surface area contributed by atoms with E-state index in [4.69, 9.17) is 4.74 Å². The van der Waals surface area contributed by atoms with Crippen molar-refractivity contribution in [3.05, 3.63) is 36.5 Å². The fourth-order valence-electron chi connectivity index (χ4n) is 11.6. The molecule has 2 unspecified atom stereocenters. The van der Waals surface area contributed by atoms with E-state index in [1.165, 1.54) is 327 Å². The van der Waals surface area contributed by atoms with E-state index in [2.05, 4.69) is 43.5 Å². The number of rotatable bonds is 69. The Hall–Kier alpha value is -1.92. The van der Waals surface area contributed by atoms with Gasteiger partial charge >= 0.3 is 5.97 Å². The van der Waals surface area contributed by atoms with Crippen molar-refractivity contribution in [3.8, 4) is 0 Å². The summed E-state index contributed by atoms with van der Waals surface area (Å²) in [7, 11) is 0. The van der Waals surface area contributed by atoms with Gasteiger partial charge in [0.1, 0.15) is 0 Å². The number of esters is 1. The number of carbonyl (C=O) groups excluding carboxylic acids is 2. The molecule has 0 aromatic heterocycles. The summed E-state index contributed by atoms with van der Waals surface area (Å²) < 4.78 is 5.51. The zero-order valence-electron chi connectivity index (χ0n) is 54.8. The van der Waals surface area contributed by atoms with Crippen molar-refractivity contribution in [2.45, 2.75) is 418 Å². The normalized spacial score (nSPS) is 12.7. The van der Waals surface area contributed by atoms with Crippen molar-refractivity contribution in [2.24, 2.45) is 0 Å². The van der Waals surface area contributed by atoms with Crippen molar-refractivity contribution in [2.75, 3.05) is 13.2 Å². The summed E-state index contributed by atoms with van der Waals surface area (Å²) in [6.07, 6.45) is 90.8. The highest BCUT2D eigenvalue weighted by atomic mass is 16.5. The number of nitrogens with one attached hydrogen (secondary N) is 1. The summed E-state index contributed by atoms with van der Waals surface area (Å²) in [5.41, 5.74) is 0. The van der Waals surface area contributed by atoms with Crippen LogP contribution in [0.2, 0.25) is 0 Å². The maximum atomic E-state index is 12.5. The van der Waals surface area contributed by atoms with Crippen LogP contribution < -0.4 is 5.32 Å². The second-order valence-electron chi connectivity index (χ2n) is 25.3. The van der Waals surface area contributed by atoms with Crippen LogP contribution in [0.15, 0.2) is 36.5 Å². The molecule has 0 spiro atoms. The number of aliphatic hydroxyl groups excluding tert-OH is 2. The van der Waals surface area contributed by atoms with Crippen LogP contribution in [0, 0.1) is 0 Å². The van der Waals surface area contributed by atoms with Crippen molar-refractivity contribution in [1.82, 2.24) is 5.32 Å². The van der Waals surface area contributed by atoms with E-state index in [9.17, 15) is 19.8 Å². The predicted molar refractivity (Wildman–Crippen MR) is 356 cm³/mol. The molecule has 0 fully saturated rings. The molecule has 1 amide bonds. The molecular formula is C75H143NO5. The van der Waals surface area contributed by atoms with Crippen LogP contribution in [0.5, 0.6) is 0 Å². The van der Waals surface area contributed by atoms with Crippen LogP contribution in [-0.4, -0.2) is 47.4 Å². The molecule has 0 aromatic rings. The first-order valence-corrected chi connectivity index (χ1v) is 36.8. The van der Waals surface area contributed by atoms with Gasteiger partial charge in [-0.25, -0.2) is 0 Å². The molecule has 81 heavy (non-hydrogen) atoms.